The maximum atomic E-state index is 13.0. The van der Waals surface area contributed by atoms with Gasteiger partial charge in [0.2, 0.25) is 5.91 Å². The van der Waals surface area contributed by atoms with Crippen molar-refractivity contribution in [3.8, 4) is 0 Å². The monoisotopic (exact) mass is 1240 g/mol. The number of hydrogen-bond donors (Lipinski definition) is 6. The Bertz CT molecular complexity index is 1650. The Hall–Kier alpha value is -2.64. The number of rotatable bonds is 66. The van der Waals surface area contributed by atoms with E-state index < -0.39 is 49.5 Å². The number of aliphatic hydroxyl groups excluding tert-OH is 5. The van der Waals surface area contributed by atoms with Gasteiger partial charge in [-0.25, -0.2) is 0 Å². The van der Waals surface area contributed by atoms with E-state index >= 15 is 0 Å². The summed E-state index contributed by atoms with van der Waals surface area (Å²) in [7, 11) is 0. The molecule has 0 radical (unpaired) electrons. The van der Waals surface area contributed by atoms with Crippen LogP contribution in [-0.4, -0.2) is 100 Å². The van der Waals surface area contributed by atoms with Gasteiger partial charge in [-0.3, -0.25) is 9.59 Å². The summed E-state index contributed by atoms with van der Waals surface area (Å²) < 4.78 is 16.7. The van der Waals surface area contributed by atoms with Crippen LogP contribution < -0.4 is 5.32 Å². The van der Waals surface area contributed by atoms with Gasteiger partial charge in [-0.15, -0.1) is 0 Å². The standard InChI is InChI=1S/C77H141NO10/c1-3-5-7-9-11-13-15-16-17-18-32-36-39-42-45-49-53-57-61-65-73(82)86-66-62-58-54-50-46-43-40-37-34-31-29-27-25-23-21-19-20-22-24-26-28-30-33-35-38-41-44-48-52-56-60-64-72(81)78-69(68-87-77-76(85)75(84)74(83)71(67-79)88-77)70(80)63-59-55-51-47-14-12-10-8-6-4-2/h6,8,14,21,23,27,29,47,59,63,69-71,74-77,79-80,83-85H,3-5,7,9-13,15-20,22,24-26,28,30-46,48-58,60-62,64-68H2,1-2H3,(H,78,81)/b8-6+,23-21-,29-27-,47-14+,63-59+. The Labute approximate surface area is 541 Å². The fourth-order valence-electron chi connectivity index (χ4n) is 11.7. The highest BCUT2D eigenvalue weighted by atomic mass is 16.7. The topological polar surface area (TPSA) is 175 Å². The van der Waals surface area contributed by atoms with Crippen molar-refractivity contribution in [1.82, 2.24) is 5.32 Å². The third-order valence-corrected chi connectivity index (χ3v) is 17.6. The summed E-state index contributed by atoms with van der Waals surface area (Å²) in [4.78, 5) is 25.2. The maximum Gasteiger partial charge on any atom is 0.305 e. The van der Waals surface area contributed by atoms with Gasteiger partial charge in [-0.2, -0.15) is 0 Å². The third-order valence-electron chi connectivity index (χ3n) is 17.6. The van der Waals surface area contributed by atoms with Crippen molar-refractivity contribution in [3.05, 3.63) is 60.8 Å². The van der Waals surface area contributed by atoms with E-state index in [-0.39, 0.29) is 18.5 Å². The first-order valence-electron chi connectivity index (χ1n) is 37.6. The predicted molar refractivity (Wildman–Crippen MR) is 370 cm³/mol. The van der Waals surface area contributed by atoms with Gasteiger partial charge in [-0.05, 0) is 83.5 Å². The van der Waals surface area contributed by atoms with Gasteiger partial charge < -0.3 is 45.1 Å². The van der Waals surface area contributed by atoms with Crippen molar-refractivity contribution in [1.29, 1.82) is 0 Å². The fourth-order valence-corrected chi connectivity index (χ4v) is 11.7. The van der Waals surface area contributed by atoms with Crippen molar-refractivity contribution in [2.45, 2.75) is 397 Å². The molecule has 1 heterocycles. The highest BCUT2D eigenvalue weighted by Gasteiger charge is 2.44. The SMILES string of the molecule is CC/C=C/CC/C=C/CC/C=C/C(O)C(COC1OC(CO)C(O)C(O)C1O)NC(=O)CCCCCCCCCCCCCCCCC/C=C\C/C=C\CCCCCCCCCCCOC(=O)CCCCCCCCCCCCCCCCCCCCC. The predicted octanol–water partition coefficient (Wildman–Crippen LogP) is 19.7. The molecule has 0 spiro atoms. The van der Waals surface area contributed by atoms with Crippen LogP contribution in [0.1, 0.15) is 354 Å². The molecular formula is C77H141NO10. The molecule has 11 nitrogen and oxygen atoms in total. The van der Waals surface area contributed by atoms with Crippen LogP contribution in [0, 0.1) is 0 Å². The van der Waals surface area contributed by atoms with E-state index in [2.05, 4.69) is 67.8 Å². The molecule has 88 heavy (non-hydrogen) atoms. The zero-order valence-electron chi connectivity index (χ0n) is 57.2. The van der Waals surface area contributed by atoms with E-state index in [0.29, 0.717) is 19.4 Å². The van der Waals surface area contributed by atoms with Crippen LogP contribution in [0.4, 0.5) is 0 Å². The summed E-state index contributed by atoms with van der Waals surface area (Å²) in [5.41, 5.74) is 0. The third kappa shape index (κ3) is 54.0. The minimum Gasteiger partial charge on any atom is -0.466 e. The summed E-state index contributed by atoms with van der Waals surface area (Å²) in [6, 6.07) is -0.834. The lowest BCUT2D eigenvalue weighted by Gasteiger charge is -2.40. The van der Waals surface area contributed by atoms with Crippen LogP contribution >= 0.6 is 0 Å². The fraction of sp³-hybridized carbons (Fsp3) is 0.844. The molecule has 7 unspecified atom stereocenters. The molecule has 1 aliphatic heterocycles. The minimum absolute atomic E-state index is 0.00969. The Balaban J connectivity index is 1.91. The van der Waals surface area contributed by atoms with Crippen LogP contribution in [0.2, 0.25) is 0 Å². The van der Waals surface area contributed by atoms with Gasteiger partial charge in [0, 0.05) is 12.8 Å². The largest absolute Gasteiger partial charge is 0.466 e. The lowest BCUT2D eigenvalue weighted by atomic mass is 9.99. The molecule has 0 aliphatic carbocycles. The molecule has 6 N–H and O–H groups in total. The molecule has 0 aromatic carbocycles. The summed E-state index contributed by atoms with van der Waals surface area (Å²) >= 11 is 0. The quantitative estimate of drug-likeness (QED) is 0.0195. The average Bonchev–Trinajstić information content (AvgIpc) is 1.96. The Morgan fingerprint density at radius 2 is 0.807 bits per heavy atom. The number of carbonyl (C=O) groups is 2. The van der Waals surface area contributed by atoms with Crippen LogP contribution in [0.3, 0.4) is 0 Å². The van der Waals surface area contributed by atoms with Gasteiger partial charge in [0.05, 0.1) is 32.0 Å². The number of amides is 1. The lowest BCUT2D eigenvalue weighted by Crippen LogP contribution is -2.60. The first-order chi connectivity index (χ1) is 43.2. The molecule has 1 rings (SSSR count). The van der Waals surface area contributed by atoms with Crippen LogP contribution in [0.25, 0.3) is 0 Å². The molecule has 7 atom stereocenters. The Kier molecular flexibility index (Phi) is 62.4. The van der Waals surface area contributed by atoms with Crippen molar-refractivity contribution in [3.63, 3.8) is 0 Å². The first kappa shape index (κ1) is 83.4. The zero-order chi connectivity index (χ0) is 63.7. The number of ether oxygens (including phenoxy) is 3. The van der Waals surface area contributed by atoms with E-state index in [1.807, 2.05) is 6.08 Å². The first-order valence-corrected chi connectivity index (χ1v) is 37.6. The van der Waals surface area contributed by atoms with Gasteiger partial charge in [0.25, 0.3) is 0 Å². The number of esters is 1. The molecule has 0 aromatic rings. The summed E-state index contributed by atoms with van der Waals surface area (Å²) in [6.07, 6.45) is 78.3. The van der Waals surface area contributed by atoms with Crippen LogP contribution in [0.15, 0.2) is 60.8 Å². The molecular weight excluding hydrogens is 1100 g/mol. The van der Waals surface area contributed by atoms with E-state index in [4.69, 9.17) is 14.2 Å². The molecule has 1 saturated heterocycles. The average molecular weight is 1240 g/mol. The van der Waals surface area contributed by atoms with E-state index in [0.717, 1.165) is 77.0 Å². The van der Waals surface area contributed by atoms with Crippen LogP contribution in [-0.2, 0) is 23.8 Å². The van der Waals surface area contributed by atoms with Crippen molar-refractivity contribution in [2.75, 3.05) is 19.8 Å². The highest BCUT2D eigenvalue weighted by Crippen LogP contribution is 2.23. The molecule has 1 fully saturated rings. The normalized spacial score (nSPS) is 18.1. The molecule has 11 heteroatoms. The lowest BCUT2D eigenvalue weighted by molar-refractivity contribution is -0.302. The number of carbonyl (C=O) groups excluding carboxylic acids is 2. The molecule has 0 aromatic heterocycles. The van der Waals surface area contributed by atoms with E-state index in [1.165, 1.54) is 250 Å². The number of unbranched alkanes of at least 4 members (excludes halogenated alkanes) is 44. The summed E-state index contributed by atoms with van der Waals surface area (Å²) in [6.45, 7) is 4.23. The number of hydrogen-bond acceptors (Lipinski definition) is 10. The second-order valence-electron chi connectivity index (χ2n) is 26.0. The molecule has 1 amide bonds. The Morgan fingerprint density at radius 1 is 0.432 bits per heavy atom. The van der Waals surface area contributed by atoms with Gasteiger partial charge in [-0.1, -0.05) is 319 Å². The zero-order valence-corrected chi connectivity index (χ0v) is 57.2. The molecule has 1 aliphatic rings. The van der Waals surface area contributed by atoms with Crippen molar-refractivity contribution in [2.24, 2.45) is 0 Å². The maximum absolute atomic E-state index is 13.0. The summed E-state index contributed by atoms with van der Waals surface area (Å²) in [5, 5.41) is 54.3. The second-order valence-corrected chi connectivity index (χ2v) is 26.0. The molecule has 0 saturated carbocycles. The van der Waals surface area contributed by atoms with Gasteiger partial charge >= 0.3 is 5.97 Å². The van der Waals surface area contributed by atoms with Crippen LogP contribution in [0.5, 0.6) is 0 Å². The highest BCUT2D eigenvalue weighted by molar-refractivity contribution is 5.76. The van der Waals surface area contributed by atoms with Gasteiger partial charge in [0.15, 0.2) is 6.29 Å². The Morgan fingerprint density at radius 3 is 1.24 bits per heavy atom. The number of aliphatic hydroxyl groups is 5. The van der Waals surface area contributed by atoms with Crippen molar-refractivity contribution < 1.29 is 49.3 Å². The molecule has 0 bridgehead atoms. The summed E-state index contributed by atoms with van der Waals surface area (Å²) in [5.74, 6) is -0.188. The smallest absolute Gasteiger partial charge is 0.305 e. The minimum atomic E-state index is -1.58. The second kappa shape index (κ2) is 65.8. The molecule has 514 valence electrons. The van der Waals surface area contributed by atoms with E-state index in [1.54, 1.807) is 6.08 Å². The van der Waals surface area contributed by atoms with Crippen molar-refractivity contribution >= 4 is 11.9 Å². The van der Waals surface area contributed by atoms with E-state index in [9.17, 15) is 35.1 Å². The number of allylic oxidation sites excluding steroid dienone is 9. The number of nitrogens with one attached hydrogen (secondary N) is 1. The van der Waals surface area contributed by atoms with Gasteiger partial charge in [0.1, 0.15) is 24.4 Å².